The van der Waals surface area contributed by atoms with Gasteiger partial charge >= 0.3 is 0 Å². The number of rotatable bonds is 7. The largest absolute Gasteiger partial charge is 0.508 e. The summed E-state index contributed by atoms with van der Waals surface area (Å²) in [5.41, 5.74) is 1.92. The molecular formula is C20H18N2O2S2. The first-order valence-electron chi connectivity index (χ1n) is 8.28. The number of phenols is 1. The van der Waals surface area contributed by atoms with Crippen LogP contribution in [-0.2, 0) is 19.6 Å². The number of aromatic hydroxyl groups is 1. The average Bonchev–Trinajstić information content (AvgIpc) is 3.39. The van der Waals surface area contributed by atoms with E-state index in [4.69, 9.17) is 9.40 Å². The molecule has 0 saturated heterocycles. The van der Waals surface area contributed by atoms with Crippen molar-refractivity contribution in [2.75, 3.05) is 0 Å². The van der Waals surface area contributed by atoms with Crippen molar-refractivity contribution in [2.24, 2.45) is 0 Å². The van der Waals surface area contributed by atoms with Gasteiger partial charge in [0.1, 0.15) is 16.5 Å². The Bertz CT molecular complexity index is 946. The van der Waals surface area contributed by atoms with E-state index in [0.717, 1.165) is 22.0 Å². The Labute approximate surface area is 160 Å². The number of benzene rings is 1. The van der Waals surface area contributed by atoms with E-state index in [1.807, 2.05) is 36.4 Å². The third-order valence-electron chi connectivity index (χ3n) is 4.01. The molecule has 0 atom stereocenters. The number of phenolic OH excluding ortho intramolecular Hbond substituents is 1. The van der Waals surface area contributed by atoms with Gasteiger partial charge < -0.3 is 9.52 Å². The van der Waals surface area contributed by atoms with Crippen LogP contribution in [0.4, 0.5) is 0 Å². The molecule has 4 nitrogen and oxygen atoms in total. The second-order valence-corrected chi connectivity index (χ2v) is 7.78. The zero-order chi connectivity index (χ0) is 17.8. The molecular weight excluding hydrogens is 364 g/mol. The van der Waals surface area contributed by atoms with Gasteiger partial charge in [-0.3, -0.25) is 4.90 Å². The van der Waals surface area contributed by atoms with E-state index in [-0.39, 0.29) is 0 Å². The molecule has 1 aromatic carbocycles. The minimum absolute atomic E-state index is 0.314. The van der Waals surface area contributed by atoms with E-state index >= 15 is 0 Å². The van der Waals surface area contributed by atoms with Gasteiger partial charge in [0, 0.05) is 24.0 Å². The standard InChI is InChI=1S/C20H18N2O2S2/c23-18-7-2-1-5-15(18)11-22(13-17-6-3-9-24-17)12-16-14-26-20(21-16)19-8-4-10-25-19/h1-10,14,23H,11-13H2. The quantitative estimate of drug-likeness (QED) is 0.467. The predicted octanol–water partition coefficient (Wildman–Crippen LogP) is 5.37. The van der Waals surface area contributed by atoms with Gasteiger partial charge in [-0.15, -0.1) is 22.7 Å². The minimum Gasteiger partial charge on any atom is -0.508 e. The van der Waals surface area contributed by atoms with Crippen molar-refractivity contribution in [1.82, 2.24) is 9.88 Å². The van der Waals surface area contributed by atoms with Gasteiger partial charge in [0.25, 0.3) is 0 Å². The van der Waals surface area contributed by atoms with Gasteiger partial charge in [-0.1, -0.05) is 24.3 Å². The molecule has 0 unspecified atom stereocenters. The molecule has 0 aliphatic heterocycles. The highest BCUT2D eigenvalue weighted by Crippen LogP contribution is 2.29. The lowest BCUT2D eigenvalue weighted by Gasteiger charge is -2.21. The summed E-state index contributed by atoms with van der Waals surface area (Å²) in [4.78, 5) is 8.20. The molecule has 0 radical (unpaired) electrons. The lowest BCUT2D eigenvalue weighted by molar-refractivity contribution is 0.222. The monoisotopic (exact) mass is 382 g/mol. The van der Waals surface area contributed by atoms with Crippen molar-refractivity contribution in [3.05, 3.63) is 82.6 Å². The lowest BCUT2D eigenvalue weighted by atomic mass is 10.2. The molecule has 0 amide bonds. The van der Waals surface area contributed by atoms with E-state index in [1.165, 1.54) is 4.88 Å². The van der Waals surface area contributed by atoms with E-state index in [0.29, 0.717) is 25.4 Å². The van der Waals surface area contributed by atoms with Gasteiger partial charge in [0.2, 0.25) is 0 Å². The van der Waals surface area contributed by atoms with Crippen LogP contribution >= 0.6 is 22.7 Å². The topological polar surface area (TPSA) is 49.5 Å². The number of nitrogens with zero attached hydrogens (tertiary/aromatic N) is 2. The van der Waals surface area contributed by atoms with Crippen LogP contribution in [0, 0.1) is 0 Å². The summed E-state index contributed by atoms with van der Waals surface area (Å²) in [6.45, 7) is 1.98. The van der Waals surface area contributed by atoms with Crippen molar-refractivity contribution in [3.8, 4) is 15.6 Å². The summed E-state index contributed by atoms with van der Waals surface area (Å²) in [6.07, 6.45) is 1.69. The number of furan rings is 1. The third kappa shape index (κ3) is 4.04. The van der Waals surface area contributed by atoms with Gasteiger partial charge in [0.15, 0.2) is 0 Å². The zero-order valence-electron chi connectivity index (χ0n) is 14.0. The highest BCUT2D eigenvalue weighted by molar-refractivity contribution is 7.20. The average molecular weight is 383 g/mol. The van der Waals surface area contributed by atoms with Crippen LogP contribution in [0.1, 0.15) is 17.0 Å². The highest BCUT2D eigenvalue weighted by Gasteiger charge is 2.14. The normalized spacial score (nSPS) is 11.3. The van der Waals surface area contributed by atoms with E-state index in [9.17, 15) is 5.11 Å². The van der Waals surface area contributed by atoms with Crippen molar-refractivity contribution in [2.45, 2.75) is 19.6 Å². The van der Waals surface area contributed by atoms with Gasteiger partial charge in [0.05, 0.1) is 23.4 Å². The second-order valence-electron chi connectivity index (χ2n) is 5.97. The van der Waals surface area contributed by atoms with E-state index in [2.05, 4.69) is 21.7 Å². The summed E-state index contributed by atoms with van der Waals surface area (Å²) in [6, 6.07) is 15.4. The molecule has 26 heavy (non-hydrogen) atoms. The number of thiazole rings is 1. The SMILES string of the molecule is Oc1ccccc1CN(Cc1csc(-c2cccs2)n1)Cc1ccco1. The van der Waals surface area contributed by atoms with Gasteiger partial charge in [-0.2, -0.15) is 0 Å². The van der Waals surface area contributed by atoms with Gasteiger partial charge in [-0.05, 0) is 29.6 Å². The molecule has 0 bridgehead atoms. The molecule has 0 aliphatic carbocycles. The molecule has 0 saturated carbocycles. The summed E-state index contributed by atoms with van der Waals surface area (Å²) >= 11 is 3.37. The number of para-hydroxylation sites is 1. The zero-order valence-corrected chi connectivity index (χ0v) is 15.7. The van der Waals surface area contributed by atoms with Crippen LogP contribution in [0.25, 0.3) is 9.88 Å². The molecule has 6 heteroatoms. The van der Waals surface area contributed by atoms with E-state index in [1.54, 1.807) is 35.0 Å². The molecule has 1 N–H and O–H groups in total. The predicted molar refractivity (Wildman–Crippen MR) is 105 cm³/mol. The molecule has 4 rings (SSSR count). The first-order valence-corrected chi connectivity index (χ1v) is 10.0. The Morgan fingerprint density at radius 1 is 0.962 bits per heavy atom. The Morgan fingerprint density at radius 3 is 2.65 bits per heavy atom. The molecule has 132 valence electrons. The van der Waals surface area contributed by atoms with Crippen molar-refractivity contribution in [1.29, 1.82) is 0 Å². The number of thiophene rings is 1. The fraction of sp³-hybridized carbons (Fsp3) is 0.150. The number of aromatic nitrogens is 1. The lowest BCUT2D eigenvalue weighted by Crippen LogP contribution is -2.22. The molecule has 0 fully saturated rings. The second kappa shape index (κ2) is 7.86. The summed E-state index contributed by atoms with van der Waals surface area (Å²) in [5.74, 6) is 1.21. The van der Waals surface area contributed by atoms with E-state index < -0.39 is 0 Å². The molecule has 0 spiro atoms. The first kappa shape index (κ1) is 17.0. The minimum atomic E-state index is 0.314. The Morgan fingerprint density at radius 2 is 1.88 bits per heavy atom. The Kier molecular flexibility index (Phi) is 5.15. The Balaban J connectivity index is 1.53. The van der Waals surface area contributed by atoms with Gasteiger partial charge in [-0.25, -0.2) is 4.98 Å². The van der Waals surface area contributed by atoms with Crippen molar-refractivity contribution in [3.63, 3.8) is 0 Å². The molecule has 3 aromatic heterocycles. The summed E-state index contributed by atoms with van der Waals surface area (Å²) < 4.78 is 5.51. The molecule has 3 heterocycles. The molecule has 0 aliphatic rings. The smallest absolute Gasteiger partial charge is 0.133 e. The van der Waals surface area contributed by atoms with Crippen LogP contribution in [0.2, 0.25) is 0 Å². The van der Waals surface area contributed by atoms with Crippen LogP contribution in [0.15, 0.2) is 70.0 Å². The maximum Gasteiger partial charge on any atom is 0.133 e. The number of hydrogen-bond donors (Lipinski definition) is 1. The highest BCUT2D eigenvalue weighted by atomic mass is 32.1. The molecule has 4 aromatic rings. The fourth-order valence-electron chi connectivity index (χ4n) is 2.80. The summed E-state index contributed by atoms with van der Waals surface area (Å²) in [7, 11) is 0. The van der Waals surface area contributed by atoms with Crippen LogP contribution in [0.5, 0.6) is 5.75 Å². The first-order chi connectivity index (χ1) is 12.8. The maximum absolute atomic E-state index is 10.1. The third-order valence-corrected chi connectivity index (χ3v) is 5.94. The summed E-state index contributed by atoms with van der Waals surface area (Å²) in [5, 5.41) is 15.3. The number of hydrogen-bond acceptors (Lipinski definition) is 6. The maximum atomic E-state index is 10.1. The Hall–Kier alpha value is -2.41. The van der Waals surface area contributed by atoms with Crippen LogP contribution < -0.4 is 0 Å². The van der Waals surface area contributed by atoms with Crippen molar-refractivity contribution < 1.29 is 9.52 Å². The fourth-order valence-corrected chi connectivity index (χ4v) is 4.42. The van der Waals surface area contributed by atoms with Crippen molar-refractivity contribution >= 4 is 22.7 Å². The van der Waals surface area contributed by atoms with Crippen LogP contribution in [-0.4, -0.2) is 15.0 Å². The van der Waals surface area contributed by atoms with Crippen LogP contribution in [0.3, 0.4) is 0 Å².